The molecule has 1 N–H and O–H groups in total. The van der Waals surface area contributed by atoms with Crippen molar-refractivity contribution < 1.29 is 5.11 Å². The van der Waals surface area contributed by atoms with Crippen LogP contribution in [0.2, 0.25) is 0 Å². The monoisotopic (exact) mass is 211 g/mol. The summed E-state index contributed by atoms with van der Waals surface area (Å²) in [5.74, 6) is 0. The summed E-state index contributed by atoms with van der Waals surface area (Å²) in [7, 11) is 0. The number of hydrogen-bond acceptors (Lipinski definition) is 3. The van der Waals surface area contributed by atoms with Gasteiger partial charge in [-0.25, -0.2) is 4.68 Å². The van der Waals surface area contributed by atoms with Crippen LogP contribution in [0.15, 0.2) is 48.9 Å². The van der Waals surface area contributed by atoms with Gasteiger partial charge in [-0.1, -0.05) is 18.2 Å². The molecule has 4 nitrogen and oxygen atoms in total. The van der Waals surface area contributed by atoms with Gasteiger partial charge in [0.25, 0.3) is 0 Å². The van der Waals surface area contributed by atoms with Crippen molar-refractivity contribution >= 4 is 5.57 Å². The quantitative estimate of drug-likeness (QED) is 0.612. The van der Waals surface area contributed by atoms with Crippen LogP contribution in [0.25, 0.3) is 11.3 Å². The first-order valence-corrected chi connectivity index (χ1v) is 4.71. The van der Waals surface area contributed by atoms with Crippen molar-refractivity contribution in [2.75, 3.05) is 0 Å². The molecule has 0 fully saturated rings. The van der Waals surface area contributed by atoms with E-state index >= 15 is 0 Å². The lowest BCUT2D eigenvalue weighted by molar-refractivity contribution is 0.476. The molecule has 1 aromatic heterocycles. The molecule has 0 bridgehead atoms. The summed E-state index contributed by atoms with van der Waals surface area (Å²) < 4.78 is 1.65. The third-order valence-corrected chi connectivity index (χ3v) is 2.14. The average Bonchev–Trinajstić information content (AvgIpc) is 2.81. The van der Waals surface area contributed by atoms with Crippen molar-refractivity contribution in [3.63, 3.8) is 0 Å². The molecule has 0 aliphatic carbocycles. The molecule has 2 rings (SSSR count). The number of hydrogen-bond donors (Lipinski definition) is 1. The molecule has 0 atom stereocenters. The second-order valence-corrected chi connectivity index (χ2v) is 3.14. The average molecular weight is 211 g/mol. The van der Waals surface area contributed by atoms with Gasteiger partial charge in [-0.2, -0.15) is 10.4 Å². The van der Waals surface area contributed by atoms with E-state index in [0.29, 0.717) is 5.69 Å². The number of allylic oxidation sites excluding steroid dienone is 1. The molecule has 0 amide bonds. The summed E-state index contributed by atoms with van der Waals surface area (Å²) in [6.07, 6.45) is 2.50. The van der Waals surface area contributed by atoms with Crippen LogP contribution < -0.4 is 0 Å². The lowest BCUT2D eigenvalue weighted by Crippen LogP contribution is -1.95. The van der Waals surface area contributed by atoms with Gasteiger partial charge >= 0.3 is 0 Å². The smallest absolute Gasteiger partial charge is 0.114 e. The zero-order chi connectivity index (χ0) is 11.4. The molecule has 1 aromatic carbocycles. The van der Waals surface area contributed by atoms with Gasteiger partial charge in [-0.15, -0.1) is 0 Å². The molecule has 1 heterocycles. The number of para-hydroxylation sites is 1. The van der Waals surface area contributed by atoms with Crippen molar-refractivity contribution in [1.29, 1.82) is 5.26 Å². The van der Waals surface area contributed by atoms with E-state index in [1.165, 1.54) is 0 Å². The largest absolute Gasteiger partial charge is 0.514 e. The van der Waals surface area contributed by atoms with Gasteiger partial charge in [-0.05, 0) is 18.2 Å². The highest BCUT2D eigenvalue weighted by Crippen LogP contribution is 2.12. The summed E-state index contributed by atoms with van der Waals surface area (Å²) >= 11 is 0. The Hall–Kier alpha value is -2.54. The van der Waals surface area contributed by atoms with Crippen LogP contribution in [0.5, 0.6) is 0 Å². The molecule has 0 aliphatic rings. The second-order valence-electron chi connectivity index (χ2n) is 3.14. The summed E-state index contributed by atoms with van der Waals surface area (Å²) in [6, 6.07) is 13.1. The molecule has 2 aromatic rings. The summed E-state index contributed by atoms with van der Waals surface area (Å²) in [4.78, 5) is 0. The Bertz CT molecular complexity index is 549. The number of aliphatic hydroxyl groups excluding tert-OH is 1. The Balaban J connectivity index is 2.38. The Labute approximate surface area is 92.7 Å². The molecule has 16 heavy (non-hydrogen) atoms. The van der Waals surface area contributed by atoms with Gasteiger partial charge in [0, 0.05) is 6.20 Å². The van der Waals surface area contributed by atoms with Crippen molar-refractivity contribution in [3.8, 4) is 11.8 Å². The third kappa shape index (κ3) is 1.79. The van der Waals surface area contributed by atoms with E-state index in [9.17, 15) is 0 Å². The number of nitrogens with zero attached hydrogens (tertiary/aromatic N) is 3. The second kappa shape index (κ2) is 4.32. The van der Waals surface area contributed by atoms with Crippen LogP contribution in [-0.4, -0.2) is 14.9 Å². The van der Waals surface area contributed by atoms with Crippen LogP contribution in [0, 0.1) is 11.3 Å². The van der Waals surface area contributed by atoms with Gasteiger partial charge in [0.2, 0.25) is 0 Å². The molecular formula is C12H9N3O. The van der Waals surface area contributed by atoms with Crippen molar-refractivity contribution in [2.24, 2.45) is 0 Å². The zero-order valence-electron chi connectivity index (χ0n) is 8.41. The van der Waals surface area contributed by atoms with E-state index in [1.54, 1.807) is 16.9 Å². The molecule has 0 spiro atoms. The highest BCUT2D eigenvalue weighted by atomic mass is 16.2. The third-order valence-electron chi connectivity index (χ3n) is 2.14. The van der Waals surface area contributed by atoms with Crippen LogP contribution in [-0.2, 0) is 0 Å². The zero-order valence-corrected chi connectivity index (χ0v) is 8.41. The fourth-order valence-electron chi connectivity index (χ4n) is 1.34. The molecule has 0 aliphatic heterocycles. The van der Waals surface area contributed by atoms with E-state index in [4.69, 9.17) is 10.4 Å². The summed E-state index contributed by atoms with van der Waals surface area (Å²) in [5.41, 5.74) is 1.51. The van der Waals surface area contributed by atoms with Crippen molar-refractivity contribution in [3.05, 3.63) is 54.6 Å². The standard InChI is InChI=1S/C12H9N3O/c13-8-10(9-16)12-6-7-15(14-12)11-4-2-1-3-5-11/h1-7,9,16H/b10-9-. The number of rotatable bonds is 2. The van der Waals surface area contributed by atoms with Crippen molar-refractivity contribution in [1.82, 2.24) is 9.78 Å². The SMILES string of the molecule is N#C/C(=C/O)c1ccn(-c2ccccc2)n1. The summed E-state index contributed by atoms with van der Waals surface area (Å²) in [6.45, 7) is 0. The number of nitriles is 1. The number of benzene rings is 1. The molecule has 0 radical (unpaired) electrons. The topological polar surface area (TPSA) is 61.8 Å². The fraction of sp³-hybridized carbons (Fsp3) is 0. The molecule has 0 saturated carbocycles. The molecule has 0 unspecified atom stereocenters. The maximum Gasteiger partial charge on any atom is 0.114 e. The van der Waals surface area contributed by atoms with Gasteiger partial charge < -0.3 is 5.11 Å². The highest BCUT2D eigenvalue weighted by molar-refractivity contribution is 5.73. The molecule has 4 heteroatoms. The first-order chi connectivity index (χ1) is 7.85. The van der Waals surface area contributed by atoms with Crippen LogP contribution in [0.1, 0.15) is 5.69 Å². The van der Waals surface area contributed by atoms with Gasteiger partial charge in [-0.3, -0.25) is 0 Å². The Morgan fingerprint density at radius 2 is 2.06 bits per heavy atom. The minimum absolute atomic E-state index is 0.148. The Morgan fingerprint density at radius 3 is 2.69 bits per heavy atom. The normalized spacial score (nSPS) is 11.1. The lowest BCUT2D eigenvalue weighted by atomic mass is 10.2. The maximum atomic E-state index is 8.83. The maximum absolute atomic E-state index is 8.83. The highest BCUT2D eigenvalue weighted by Gasteiger charge is 2.05. The van der Waals surface area contributed by atoms with Crippen molar-refractivity contribution in [2.45, 2.75) is 0 Å². The first kappa shape index (κ1) is 9.99. The van der Waals surface area contributed by atoms with E-state index in [2.05, 4.69) is 5.10 Å². The van der Waals surface area contributed by atoms with E-state index in [-0.39, 0.29) is 5.57 Å². The Morgan fingerprint density at radius 1 is 1.31 bits per heavy atom. The predicted octanol–water partition coefficient (Wildman–Crippen LogP) is 2.29. The minimum atomic E-state index is 0.148. The molecular weight excluding hydrogens is 202 g/mol. The Kier molecular flexibility index (Phi) is 2.70. The van der Waals surface area contributed by atoms with Crippen LogP contribution in [0.4, 0.5) is 0 Å². The van der Waals surface area contributed by atoms with E-state index in [0.717, 1.165) is 11.9 Å². The van der Waals surface area contributed by atoms with Crippen LogP contribution in [0.3, 0.4) is 0 Å². The van der Waals surface area contributed by atoms with Crippen LogP contribution >= 0.6 is 0 Å². The number of aliphatic hydroxyl groups is 1. The predicted molar refractivity (Wildman–Crippen MR) is 59.8 cm³/mol. The van der Waals surface area contributed by atoms with Gasteiger partial charge in [0.1, 0.15) is 17.3 Å². The number of aromatic nitrogens is 2. The fourth-order valence-corrected chi connectivity index (χ4v) is 1.34. The molecule has 78 valence electrons. The van der Waals surface area contributed by atoms with E-state index < -0.39 is 0 Å². The minimum Gasteiger partial charge on any atom is -0.514 e. The summed E-state index contributed by atoms with van der Waals surface area (Å²) in [5, 5.41) is 21.7. The molecule has 0 saturated heterocycles. The van der Waals surface area contributed by atoms with Gasteiger partial charge in [0.05, 0.1) is 11.9 Å². The van der Waals surface area contributed by atoms with Gasteiger partial charge in [0.15, 0.2) is 0 Å². The lowest BCUT2D eigenvalue weighted by Gasteiger charge is -1.99. The van der Waals surface area contributed by atoms with E-state index in [1.807, 2.05) is 36.4 Å². The first-order valence-electron chi connectivity index (χ1n) is 4.71.